The van der Waals surface area contributed by atoms with E-state index in [1.54, 1.807) is 62.6 Å². The highest BCUT2D eigenvalue weighted by Crippen LogP contribution is 2.31. The molecule has 7 heteroatoms. The number of nitrogens with zero attached hydrogens (tertiary/aromatic N) is 1. The van der Waals surface area contributed by atoms with E-state index in [2.05, 4.69) is 4.98 Å². The summed E-state index contributed by atoms with van der Waals surface area (Å²) in [6, 6.07) is 8.86. The van der Waals surface area contributed by atoms with Gasteiger partial charge in [0, 0.05) is 23.4 Å². The van der Waals surface area contributed by atoms with Crippen LogP contribution in [0.3, 0.4) is 0 Å². The number of nitrogens with one attached hydrogen (secondary N) is 1. The highest BCUT2D eigenvalue weighted by Gasteiger charge is 2.17. The van der Waals surface area contributed by atoms with Gasteiger partial charge in [-0.1, -0.05) is 6.92 Å². The number of aromatic nitrogens is 1. The van der Waals surface area contributed by atoms with Crippen molar-refractivity contribution < 1.29 is 18.7 Å². The second-order valence-electron chi connectivity index (χ2n) is 6.10. The molecule has 0 bridgehead atoms. The largest absolute Gasteiger partial charge is 0.493 e. The molecule has 2 aromatic heterocycles. The molecular formula is C20H22N2O5. The van der Waals surface area contributed by atoms with Crippen molar-refractivity contribution in [1.29, 1.82) is 0 Å². The van der Waals surface area contributed by atoms with E-state index in [4.69, 9.17) is 13.9 Å². The topological polar surface area (TPSA) is 84.8 Å². The second-order valence-corrected chi connectivity index (χ2v) is 6.10. The summed E-state index contributed by atoms with van der Waals surface area (Å²) in [7, 11) is 3.10. The van der Waals surface area contributed by atoms with Crippen LogP contribution in [-0.2, 0) is 17.9 Å². The number of carbonyl (C=O) groups is 1. The van der Waals surface area contributed by atoms with Gasteiger partial charge < -0.3 is 23.8 Å². The van der Waals surface area contributed by atoms with Gasteiger partial charge in [-0.25, -0.2) is 0 Å². The molecule has 0 saturated carbocycles. The van der Waals surface area contributed by atoms with E-state index in [0.29, 0.717) is 41.3 Å². The van der Waals surface area contributed by atoms with Gasteiger partial charge in [0.1, 0.15) is 5.76 Å². The summed E-state index contributed by atoms with van der Waals surface area (Å²) >= 11 is 0. The number of H-pyrrole nitrogens is 1. The standard InChI is InChI=1S/C20H22N2O5/c1-4-19(23)22(12-15-6-5-7-27-15)11-14-8-13-9-17(25-2)18(26-3)10-16(13)21-20(14)24/h5-10H,4,11-12H2,1-3H3,(H,21,24). The Morgan fingerprint density at radius 3 is 2.52 bits per heavy atom. The second kappa shape index (κ2) is 7.99. The minimum Gasteiger partial charge on any atom is -0.493 e. The first-order valence-electron chi connectivity index (χ1n) is 8.63. The molecule has 0 saturated heterocycles. The van der Waals surface area contributed by atoms with E-state index in [-0.39, 0.29) is 18.0 Å². The van der Waals surface area contributed by atoms with Crippen molar-refractivity contribution >= 4 is 16.8 Å². The van der Waals surface area contributed by atoms with Crippen LogP contribution in [-0.4, -0.2) is 30.0 Å². The van der Waals surface area contributed by atoms with Crippen LogP contribution in [0.5, 0.6) is 11.5 Å². The van der Waals surface area contributed by atoms with Gasteiger partial charge in [0.25, 0.3) is 5.56 Å². The highest BCUT2D eigenvalue weighted by molar-refractivity contribution is 5.83. The molecule has 0 aliphatic carbocycles. The van der Waals surface area contributed by atoms with Crippen molar-refractivity contribution in [2.24, 2.45) is 0 Å². The molecular weight excluding hydrogens is 348 g/mol. The fourth-order valence-electron chi connectivity index (χ4n) is 2.95. The fourth-order valence-corrected chi connectivity index (χ4v) is 2.95. The molecule has 3 rings (SSSR count). The lowest BCUT2D eigenvalue weighted by atomic mass is 10.1. The average molecular weight is 370 g/mol. The molecule has 0 unspecified atom stereocenters. The third kappa shape index (κ3) is 3.97. The summed E-state index contributed by atoms with van der Waals surface area (Å²) in [4.78, 5) is 29.3. The molecule has 7 nitrogen and oxygen atoms in total. The van der Waals surface area contributed by atoms with Gasteiger partial charge in [-0.15, -0.1) is 0 Å². The molecule has 0 fully saturated rings. The molecule has 3 aromatic rings. The Balaban J connectivity index is 1.97. The lowest BCUT2D eigenvalue weighted by Crippen LogP contribution is -2.31. The van der Waals surface area contributed by atoms with Gasteiger partial charge in [-0.05, 0) is 24.3 Å². The third-order valence-electron chi connectivity index (χ3n) is 4.37. The van der Waals surface area contributed by atoms with Crippen LogP contribution in [0.4, 0.5) is 0 Å². The normalized spacial score (nSPS) is 10.8. The van der Waals surface area contributed by atoms with Crippen LogP contribution in [0.2, 0.25) is 0 Å². The zero-order valence-corrected chi connectivity index (χ0v) is 15.6. The van der Waals surface area contributed by atoms with Gasteiger partial charge in [-0.2, -0.15) is 0 Å². The number of carbonyl (C=O) groups excluding carboxylic acids is 1. The van der Waals surface area contributed by atoms with Crippen molar-refractivity contribution in [3.8, 4) is 11.5 Å². The van der Waals surface area contributed by atoms with Crippen LogP contribution in [0, 0.1) is 0 Å². The highest BCUT2D eigenvalue weighted by atomic mass is 16.5. The van der Waals surface area contributed by atoms with Crippen LogP contribution in [0.15, 0.2) is 45.8 Å². The SMILES string of the molecule is CCC(=O)N(Cc1ccco1)Cc1cc2cc(OC)c(OC)cc2[nH]c1=O. The molecule has 2 heterocycles. The summed E-state index contributed by atoms with van der Waals surface area (Å²) in [6.45, 7) is 2.29. The summed E-state index contributed by atoms with van der Waals surface area (Å²) < 4.78 is 15.9. The molecule has 1 N–H and O–H groups in total. The summed E-state index contributed by atoms with van der Waals surface area (Å²) in [5.74, 6) is 1.72. The number of hydrogen-bond acceptors (Lipinski definition) is 5. The number of hydrogen-bond donors (Lipinski definition) is 1. The quantitative estimate of drug-likeness (QED) is 0.691. The van der Waals surface area contributed by atoms with E-state index in [1.165, 1.54) is 0 Å². The number of amides is 1. The predicted molar refractivity (Wildman–Crippen MR) is 101 cm³/mol. The van der Waals surface area contributed by atoms with Crippen LogP contribution in [0.1, 0.15) is 24.7 Å². The number of furan rings is 1. The minimum atomic E-state index is -0.247. The number of ether oxygens (including phenoxy) is 2. The molecule has 0 radical (unpaired) electrons. The first-order chi connectivity index (χ1) is 13.0. The van der Waals surface area contributed by atoms with Gasteiger partial charge >= 0.3 is 0 Å². The average Bonchev–Trinajstić information content (AvgIpc) is 3.19. The number of fused-ring (bicyclic) bond motifs is 1. The Morgan fingerprint density at radius 1 is 1.15 bits per heavy atom. The van der Waals surface area contributed by atoms with Gasteiger partial charge in [-0.3, -0.25) is 9.59 Å². The predicted octanol–water partition coefficient (Wildman–Crippen LogP) is 3.08. The lowest BCUT2D eigenvalue weighted by Gasteiger charge is -2.21. The summed E-state index contributed by atoms with van der Waals surface area (Å²) in [5, 5.41) is 0.796. The Hall–Kier alpha value is -3.22. The minimum absolute atomic E-state index is 0.0572. The maximum atomic E-state index is 12.5. The van der Waals surface area contributed by atoms with Crippen molar-refractivity contribution in [3.63, 3.8) is 0 Å². The van der Waals surface area contributed by atoms with Crippen molar-refractivity contribution in [3.05, 3.63) is 58.3 Å². The Labute approximate surface area is 156 Å². The van der Waals surface area contributed by atoms with Crippen LogP contribution >= 0.6 is 0 Å². The van der Waals surface area contributed by atoms with Crippen molar-refractivity contribution in [2.45, 2.75) is 26.4 Å². The number of pyridine rings is 1. The fraction of sp³-hybridized carbons (Fsp3) is 0.300. The molecule has 142 valence electrons. The number of aromatic amines is 1. The van der Waals surface area contributed by atoms with Gasteiger partial charge in [0.05, 0.1) is 39.1 Å². The third-order valence-corrected chi connectivity index (χ3v) is 4.37. The van der Waals surface area contributed by atoms with Gasteiger partial charge in [0.2, 0.25) is 5.91 Å². The molecule has 0 aliphatic rings. The first kappa shape index (κ1) is 18.6. The van der Waals surface area contributed by atoms with Gasteiger partial charge in [0.15, 0.2) is 11.5 Å². The zero-order chi connectivity index (χ0) is 19.4. The zero-order valence-electron chi connectivity index (χ0n) is 15.6. The molecule has 1 aromatic carbocycles. The van der Waals surface area contributed by atoms with Crippen molar-refractivity contribution in [1.82, 2.24) is 9.88 Å². The van der Waals surface area contributed by atoms with Crippen molar-refractivity contribution in [2.75, 3.05) is 14.2 Å². The van der Waals surface area contributed by atoms with E-state index in [1.807, 2.05) is 0 Å². The maximum Gasteiger partial charge on any atom is 0.253 e. The number of methoxy groups -OCH3 is 2. The molecule has 1 amide bonds. The van der Waals surface area contributed by atoms with E-state index in [0.717, 1.165) is 5.39 Å². The maximum absolute atomic E-state index is 12.5. The van der Waals surface area contributed by atoms with E-state index >= 15 is 0 Å². The first-order valence-corrected chi connectivity index (χ1v) is 8.63. The van der Waals surface area contributed by atoms with Crippen LogP contribution in [0.25, 0.3) is 10.9 Å². The molecule has 0 atom stereocenters. The summed E-state index contributed by atoms with van der Waals surface area (Å²) in [5.41, 5.74) is 0.881. The van der Waals surface area contributed by atoms with E-state index < -0.39 is 0 Å². The summed E-state index contributed by atoms with van der Waals surface area (Å²) in [6.07, 6.45) is 1.91. The van der Waals surface area contributed by atoms with E-state index in [9.17, 15) is 9.59 Å². The monoisotopic (exact) mass is 370 g/mol. The number of rotatable bonds is 7. The number of benzene rings is 1. The Morgan fingerprint density at radius 2 is 1.89 bits per heavy atom. The Kier molecular flexibility index (Phi) is 5.49. The molecule has 27 heavy (non-hydrogen) atoms. The lowest BCUT2D eigenvalue weighted by molar-refractivity contribution is -0.132. The molecule has 0 spiro atoms. The Bertz CT molecular complexity index is 992. The smallest absolute Gasteiger partial charge is 0.253 e. The molecule has 0 aliphatic heterocycles. The van der Waals surface area contributed by atoms with Crippen LogP contribution < -0.4 is 15.0 Å².